The Morgan fingerprint density at radius 2 is 1.31 bits per heavy atom. The average molecular weight is 490 g/mol. The lowest BCUT2D eigenvalue weighted by atomic mass is 9.92. The van der Waals surface area contributed by atoms with Crippen LogP contribution in [0.1, 0.15) is 48.5 Å². The number of hydrogen-bond acceptors (Lipinski definition) is 6. The zero-order chi connectivity index (χ0) is 24.5. The second-order valence-corrected chi connectivity index (χ2v) is 18.3. The predicted molar refractivity (Wildman–Crippen MR) is 134 cm³/mol. The maximum Gasteiger partial charge on any atom is 0.251 e. The standard InChI is InChI=1S/C22H47N3O5Si2/c1-9-31(10-2,11-3)29-19-17(15-23)28-21(22(27)24-8)18(25-16(7)26)20(19)30-32(12-4,13-5)14-6/h17-21H,9-15,23H2,1-8H3,(H,24,27)(H,25,26)/t17-,18?,19?,20?,21-/m1/s1. The first-order valence-corrected chi connectivity index (χ1v) is 17.4. The summed E-state index contributed by atoms with van der Waals surface area (Å²) in [7, 11) is -2.59. The van der Waals surface area contributed by atoms with Gasteiger partial charge in [-0.05, 0) is 36.3 Å². The summed E-state index contributed by atoms with van der Waals surface area (Å²) < 4.78 is 20.2. The number of likely N-dealkylation sites (N-methyl/N-ethyl adjacent to an activating group) is 1. The van der Waals surface area contributed by atoms with Gasteiger partial charge in [0.2, 0.25) is 5.91 Å². The molecular weight excluding hydrogens is 442 g/mol. The van der Waals surface area contributed by atoms with Gasteiger partial charge < -0.3 is 30.0 Å². The number of rotatable bonds is 13. The monoisotopic (exact) mass is 489 g/mol. The summed E-state index contributed by atoms with van der Waals surface area (Å²) in [5, 5.41) is 5.65. The van der Waals surface area contributed by atoms with E-state index in [4.69, 9.17) is 19.3 Å². The Morgan fingerprint density at radius 3 is 1.66 bits per heavy atom. The molecule has 1 saturated heterocycles. The Labute approximate surface area is 197 Å². The van der Waals surface area contributed by atoms with Gasteiger partial charge in [0.05, 0.1) is 24.4 Å². The minimum Gasteiger partial charge on any atom is -0.409 e. The van der Waals surface area contributed by atoms with Crippen LogP contribution in [-0.2, 0) is 23.2 Å². The third kappa shape index (κ3) is 6.63. The zero-order valence-corrected chi connectivity index (χ0v) is 23.5. The molecule has 2 amide bonds. The molecule has 0 aliphatic carbocycles. The van der Waals surface area contributed by atoms with Gasteiger partial charge in [-0.15, -0.1) is 0 Å². The van der Waals surface area contributed by atoms with Crippen LogP contribution < -0.4 is 16.4 Å². The normalized spacial score (nSPS) is 26.6. The number of nitrogens with one attached hydrogen (secondary N) is 2. The van der Waals surface area contributed by atoms with E-state index in [2.05, 4.69) is 52.2 Å². The van der Waals surface area contributed by atoms with Crippen LogP contribution in [0.5, 0.6) is 0 Å². The van der Waals surface area contributed by atoms with E-state index in [0.717, 1.165) is 36.3 Å². The van der Waals surface area contributed by atoms with Crippen LogP contribution in [-0.4, -0.2) is 72.5 Å². The van der Waals surface area contributed by atoms with Crippen molar-refractivity contribution in [1.29, 1.82) is 0 Å². The first-order valence-electron chi connectivity index (χ1n) is 12.4. The highest BCUT2D eigenvalue weighted by Crippen LogP contribution is 2.35. The molecule has 0 saturated carbocycles. The van der Waals surface area contributed by atoms with E-state index >= 15 is 0 Å². The maximum absolute atomic E-state index is 12.8. The minimum atomic E-state index is -2.11. The van der Waals surface area contributed by atoms with Crippen LogP contribution >= 0.6 is 0 Å². The SMILES string of the molecule is CC[Si](CC)(CC)OC1C(O[Si](CC)(CC)CC)[C@@H](CN)O[C@@H](C(=O)NC)C1NC(C)=O. The van der Waals surface area contributed by atoms with Crippen molar-refractivity contribution in [3.63, 3.8) is 0 Å². The van der Waals surface area contributed by atoms with Crippen molar-refractivity contribution >= 4 is 28.4 Å². The molecule has 1 heterocycles. The third-order valence-corrected chi connectivity index (χ3v) is 16.7. The van der Waals surface area contributed by atoms with Crippen molar-refractivity contribution in [2.45, 2.75) is 115 Å². The van der Waals surface area contributed by atoms with E-state index in [9.17, 15) is 9.59 Å². The molecule has 5 atom stereocenters. The Balaban J connectivity index is 3.61. The zero-order valence-electron chi connectivity index (χ0n) is 21.5. The Kier molecular flexibility index (Phi) is 12.1. The Hall–Kier alpha value is -0.786. The summed E-state index contributed by atoms with van der Waals surface area (Å²) in [4.78, 5) is 25.0. The summed E-state index contributed by atoms with van der Waals surface area (Å²) in [6.45, 7) is 14.7. The average Bonchev–Trinajstić information content (AvgIpc) is 2.81. The van der Waals surface area contributed by atoms with Crippen molar-refractivity contribution in [3.8, 4) is 0 Å². The lowest BCUT2D eigenvalue weighted by Gasteiger charge is -2.51. The molecule has 0 aromatic rings. The highest BCUT2D eigenvalue weighted by molar-refractivity contribution is 6.74. The number of hydrogen-bond donors (Lipinski definition) is 3. The second kappa shape index (κ2) is 13.2. The second-order valence-electron chi connectivity index (χ2n) is 8.82. The Bertz CT molecular complexity index is 586. The van der Waals surface area contributed by atoms with Crippen LogP contribution in [0.15, 0.2) is 0 Å². The number of amides is 2. The molecule has 32 heavy (non-hydrogen) atoms. The maximum atomic E-state index is 12.8. The first-order chi connectivity index (χ1) is 15.1. The largest absolute Gasteiger partial charge is 0.409 e. The van der Waals surface area contributed by atoms with Crippen LogP contribution in [0.2, 0.25) is 36.3 Å². The van der Waals surface area contributed by atoms with Gasteiger partial charge in [0.15, 0.2) is 22.7 Å². The molecule has 1 rings (SSSR count). The molecular formula is C22H47N3O5Si2. The van der Waals surface area contributed by atoms with Gasteiger partial charge in [-0.3, -0.25) is 9.59 Å². The summed E-state index contributed by atoms with van der Waals surface area (Å²) in [5.41, 5.74) is 6.16. The highest BCUT2D eigenvalue weighted by atomic mass is 28.4. The van der Waals surface area contributed by atoms with Crippen LogP contribution in [0.4, 0.5) is 0 Å². The molecule has 1 fully saturated rings. The van der Waals surface area contributed by atoms with Gasteiger partial charge in [0, 0.05) is 20.5 Å². The number of carbonyl (C=O) groups excluding carboxylic acids is 2. The van der Waals surface area contributed by atoms with Crippen LogP contribution in [0.3, 0.4) is 0 Å². The summed E-state index contributed by atoms with van der Waals surface area (Å²) in [6, 6.07) is 5.13. The molecule has 0 aromatic heterocycles. The lowest BCUT2D eigenvalue weighted by molar-refractivity contribution is -0.181. The molecule has 1 aliphatic heterocycles. The van der Waals surface area contributed by atoms with E-state index in [1.54, 1.807) is 7.05 Å². The van der Waals surface area contributed by atoms with Gasteiger partial charge >= 0.3 is 0 Å². The smallest absolute Gasteiger partial charge is 0.251 e. The minimum absolute atomic E-state index is 0.214. The van der Waals surface area contributed by atoms with Crippen molar-refractivity contribution in [1.82, 2.24) is 10.6 Å². The van der Waals surface area contributed by atoms with Crippen LogP contribution in [0.25, 0.3) is 0 Å². The molecule has 188 valence electrons. The fraction of sp³-hybridized carbons (Fsp3) is 0.909. The van der Waals surface area contributed by atoms with E-state index in [-0.39, 0.29) is 18.4 Å². The summed E-state index contributed by atoms with van der Waals surface area (Å²) >= 11 is 0. The molecule has 0 aromatic carbocycles. The molecule has 8 nitrogen and oxygen atoms in total. The Morgan fingerprint density at radius 1 is 0.875 bits per heavy atom. The fourth-order valence-corrected chi connectivity index (χ4v) is 10.5. The first kappa shape index (κ1) is 29.2. The highest BCUT2D eigenvalue weighted by Gasteiger charge is 2.53. The van der Waals surface area contributed by atoms with Crippen molar-refractivity contribution in [2.75, 3.05) is 13.6 Å². The predicted octanol–water partition coefficient (Wildman–Crippen LogP) is 2.74. The van der Waals surface area contributed by atoms with Gasteiger partial charge in [0.1, 0.15) is 0 Å². The topological polar surface area (TPSA) is 112 Å². The van der Waals surface area contributed by atoms with Gasteiger partial charge in [-0.1, -0.05) is 41.5 Å². The molecule has 4 N–H and O–H groups in total. The van der Waals surface area contributed by atoms with Gasteiger partial charge in [-0.25, -0.2) is 0 Å². The van der Waals surface area contributed by atoms with Gasteiger partial charge in [0.25, 0.3) is 5.91 Å². The summed E-state index contributed by atoms with van der Waals surface area (Å²) in [5.74, 6) is -0.524. The van der Waals surface area contributed by atoms with E-state index < -0.39 is 47.1 Å². The fourth-order valence-electron chi connectivity index (χ4n) is 4.75. The molecule has 0 radical (unpaired) electrons. The quantitative estimate of drug-likeness (QED) is 0.343. The summed E-state index contributed by atoms with van der Waals surface area (Å²) in [6.07, 6.45) is -2.30. The number of carbonyl (C=O) groups is 2. The molecule has 0 bridgehead atoms. The molecule has 10 heteroatoms. The number of nitrogens with two attached hydrogens (primary N) is 1. The van der Waals surface area contributed by atoms with E-state index in [1.807, 2.05) is 0 Å². The molecule has 1 aliphatic rings. The molecule has 3 unspecified atom stereocenters. The van der Waals surface area contributed by atoms with Crippen molar-refractivity contribution in [3.05, 3.63) is 0 Å². The molecule has 0 spiro atoms. The van der Waals surface area contributed by atoms with E-state index in [1.165, 1.54) is 6.92 Å². The van der Waals surface area contributed by atoms with Crippen LogP contribution in [0, 0.1) is 0 Å². The van der Waals surface area contributed by atoms with Crippen molar-refractivity contribution in [2.24, 2.45) is 5.73 Å². The third-order valence-electron chi connectivity index (χ3n) is 7.44. The number of ether oxygens (including phenoxy) is 1. The lowest BCUT2D eigenvalue weighted by Crippen LogP contribution is -2.71. The van der Waals surface area contributed by atoms with Gasteiger partial charge in [-0.2, -0.15) is 0 Å². The van der Waals surface area contributed by atoms with E-state index in [0.29, 0.717) is 0 Å². The van der Waals surface area contributed by atoms with Crippen molar-refractivity contribution < 1.29 is 23.2 Å².